The fourth-order valence-corrected chi connectivity index (χ4v) is 4.22. The van der Waals surface area contributed by atoms with E-state index < -0.39 is 18.0 Å². The van der Waals surface area contributed by atoms with E-state index in [9.17, 15) is 19.2 Å². The SMILES string of the molecule is Cc1ccc(C(=O)[C@@H](C)OC(=O)[C@@H]2CC(=O)N(c3ccc(Cl)cc3C(=O)c3ccccc3)C2)cc1. The van der Waals surface area contributed by atoms with Crippen molar-refractivity contribution in [3.05, 3.63) is 100 Å². The Hall–Kier alpha value is -3.77. The number of aryl methyl sites for hydroxylation is 1. The highest BCUT2D eigenvalue weighted by molar-refractivity contribution is 6.31. The Morgan fingerprint density at radius 3 is 2.34 bits per heavy atom. The monoisotopic (exact) mass is 489 g/mol. The lowest BCUT2D eigenvalue weighted by atomic mass is 10.0. The van der Waals surface area contributed by atoms with Gasteiger partial charge in [0.15, 0.2) is 11.9 Å². The molecule has 2 atom stereocenters. The van der Waals surface area contributed by atoms with Crippen LogP contribution in [0.15, 0.2) is 72.8 Å². The third-order valence-corrected chi connectivity index (χ3v) is 6.22. The maximum absolute atomic E-state index is 13.1. The molecule has 4 rings (SSSR count). The molecular formula is C28H24ClNO5. The highest BCUT2D eigenvalue weighted by atomic mass is 35.5. The average molecular weight is 490 g/mol. The van der Waals surface area contributed by atoms with E-state index in [-0.39, 0.29) is 36.0 Å². The Balaban J connectivity index is 1.50. The van der Waals surface area contributed by atoms with Gasteiger partial charge in [0.2, 0.25) is 11.7 Å². The molecule has 1 aliphatic heterocycles. The largest absolute Gasteiger partial charge is 0.454 e. The van der Waals surface area contributed by atoms with Crippen molar-refractivity contribution in [2.75, 3.05) is 11.4 Å². The van der Waals surface area contributed by atoms with Gasteiger partial charge in [-0.05, 0) is 32.0 Å². The van der Waals surface area contributed by atoms with Crippen LogP contribution in [0.1, 0.15) is 45.2 Å². The Labute approximate surface area is 208 Å². The maximum atomic E-state index is 13.1. The molecule has 3 aromatic rings. The van der Waals surface area contributed by atoms with Gasteiger partial charge in [-0.15, -0.1) is 0 Å². The predicted molar refractivity (Wildman–Crippen MR) is 133 cm³/mol. The van der Waals surface area contributed by atoms with E-state index in [1.54, 1.807) is 54.6 Å². The molecule has 178 valence electrons. The van der Waals surface area contributed by atoms with E-state index in [2.05, 4.69) is 0 Å². The van der Waals surface area contributed by atoms with Gasteiger partial charge in [0.1, 0.15) is 0 Å². The van der Waals surface area contributed by atoms with Crippen molar-refractivity contribution in [1.29, 1.82) is 0 Å². The van der Waals surface area contributed by atoms with Crippen LogP contribution in [0, 0.1) is 12.8 Å². The van der Waals surface area contributed by atoms with E-state index in [0.29, 0.717) is 21.8 Å². The first-order valence-electron chi connectivity index (χ1n) is 11.3. The van der Waals surface area contributed by atoms with Crippen molar-refractivity contribution in [2.45, 2.75) is 26.4 Å². The van der Waals surface area contributed by atoms with Crippen molar-refractivity contribution in [2.24, 2.45) is 5.92 Å². The van der Waals surface area contributed by atoms with Crippen LogP contribution in [-0.4, -0.2) is 36.1 Å². The summed E-state index contributed by atoms with van der Waals surface area (Å²) in [6.45, 7) is 3.48. The zero-order chi connectivity index (χ0) is 25.1. The minimum Gasteiger partial charge on any atom is -0.454 e. The standard InChI is InChI=1S/C28H24ClNO5/c1-17-8-10-20(11-9-17)26(32)18(2)35-28(34)21-14-25(31)30(16-21)24-13-12-22(29)15-23(24)27(33)19-6-4-3-5-7-19/h3-13,15,18,21H,14,16H2,1-2H3/t18-,21-/m1/s1. The van der Waals surface area contributed by atoms with Gasteiger partial charge in [0.25, 0.3) is 0 Å². The number of carbonyl (C=O) groups excluding carboxylic acids is 4. The molecule has 35 heavy (non-hydrogen) atoms. The minimum atomic E-state index is -0.986. The lowest BCUT2D eigenvalue weighted by molar-refractivity contribution is -0.151. The van der Waals surface area contributed by atoms with Gasteiger partial charge in [-0.1, -0.05) is 71.8 Å². The number of nitrogens with zero attached hydrogens (tertiary/aromatic N) is 1. The molecule has 0 aliphatic carbocycles. The second kappa shape index (κ2) is 10.2. The van der Waals surface area contributed by atoms with Crippen LogP contribution in [0.25, 0.3) is 0 Å². The number of amides is 1. The second-order valence-corrected chi connectivity index (χ2v) is 9.01. The van der Waals surface area contributed by atoms with Crippen molar-refractivity contribution >= 4 is 40.7 Å². The lowest BCUT2D eigenvalue weighted by Gasteiger charge is -2.20. The molecule has 3 aromatic carbocycles. The van der Waals surface area contributed by atoms with Crippen molar-refractivity contribution in [3.63, 3.8) is 0 Å². The Morgan fingerprint density at radius 1 is 0.971 bits per heavy atom. The first-order valence-corrected chi connectivity index (χ1v) is 11.6. The van der Waals surface area contributed by atoms with Crippen LogP contribution in [-0.2, 0) is 14.3 Å². The van der Waals surface area contributed by atoms with Crippen LogP contribution in [0.5, 0.6) is 0 Å². The first-order chi connectivity index (χ1) is 16.7. The van der Waals surface area contributed by atoms with E-state index >= 15 is 0 Å². The van der Waals surface area contributed by atoms with E-state index in [4.69, 9.17) is 16.3 Å². The summed E-state index contributed by atoms with van der Waals surface area (Å²) < 4.78 is 5.42. The first kappa shape index (κ1) is 24.4. The van der Waals surface area contributed by atoms with E-state index in [0.717, 1.165) is 5.56 Å². The Morgan fingerprint density at radius 2 is 1.66 bits per heavy atom. The number of ketones is 2. The quantitative estimate of drug-likeness (QED) is 0.343. The van der Waals surface area contributed by atoms with Gasteiger partial charge in [0, 0.05) is 34.7 Å². The summed E-state index contributed by atoms with van der Waals surface area (Å²) >= 11 is 6.15. The van der Waals surface area contributed by atoms with Gasteiger partial charge in [-0.25, -0.2) is 0 Å². The van der Waals surface area contributed by atoms with Crippen LogP contribution in [0.2, 0.25) is 5.02 Å². The predicted octanol–water partition coefficient (Wildman–Crippen LogP) is 5.05. The molecule has 6 nitrogen and oxygen atoms in total. The molecule has 1 amide bonds. The van der Waals surface area contributed by atoms with Gasteiger partial charge in [0.05, 0.1) is 11.6 Å². The van der Waals surface area contributed by atoms with Gasteiger partial charge in [-0.3, -0.25) is 19.2 Å². The average Bonchev–Trinajstić information content (AvgIpc) is 3.25. The van der Waals surface area contributed by atoms with E-state index in [1.165, 1.54) is 17.9 Å². The zero-order valence-electron chi connectivity index (χ0n) is 19.4. The molecule has 7 heteroatoms. The number of hydrogen-bond donors (Lipinski definition) is 0. The summed E-state index contributed by atoms with van der Waals surface area (Å²) in [6.07, 6.45) is -1.06. The van der Waals surface area contributed by atoms with E-state index in [1.807, 2.05) is 19.1 Å². The highest BCUT2D eigenvalue weighted by Crippen LogP contribution is 2.32. The summed E-state index contributed by atoms with van der Waals surface area (Å²) in [6, 6.07) is 20.4. The molecule has 0 N–H and O–H groups in total. The molecule has 1 aliphatic rings. The number of rotatable bonds is 7. The third kappa shape index (κ3) is 5.33. The molecule has 0 saturated carbocycles. The van der Waals surface area contributed by atoms with Crippen LogP contribution >= 0.6 is 11.6 Å². The fraction of sp³-hybridized carbons (Fsp3) is 0.214. The second-order valence-electron chi connectivity index (χ2n) is 8.57. The lowest BCUT2D eigenvalue weighted by Crippen LogP contribution is -2.31. The summed E-state index contributed by atoms with van der Waals surface area (Å²) in [7, 11) is 0. The fourth-order valence-electron chi connectivity index (χ4n) is 4.05. The maximum Gasteiger partial charge on any atom is 0.312 e. The van der Waals surface area contributed by atoms with Crippen LogP contribution in [0.4, 0.5) is 5.69 Å². The van der Waals surface area contributed by atoms with Crippen molar-refractivity contribution in [3.8, 4) is 0 Å². The molecule has 0 radical (unpaired) electrons. The number of ether oxygens (including phenoxy) is 1. The minimum absolute atomic E-state index is 0.0415. The Kier molecular flexibility index (Phi) is 7.12. The molecule has 1 fully saturated rings. The number of halogens is 1. The normalized spacial score (nSPS) is 16.1. The highest BCUT2D eigenvalue weighted by Gasteiger charge is 2.38. The topological polar surface area (TPSA) is 80.8 Å². The number of esters is 1. The number of hydrogen-bond acceptors (Lipinski definition) is 5. The summed E-state index contributed by atoms with van der Waals surface area (Å²) in [5.41, 5.74) is 2.58. The molecule has 0 bridgehead atoms. The van der Waals surface area contributed by atoms with Crippen molar-refractivity contribution in [1.82, 2.24) is 0 Å². The molecule has 0 aromatic heterocycles. The number of carbonyl (C=O) groups is 4. The molecule has 1 saturated heterocycles. The Bertz CT molecular complexity index is 1290. The van der Waals surface area contributed by atoms with Crippen LogP contribution in [0.3, 0.4) is 0 Å². The third-order valence-electron chi connectivity index (χ3n) is 5.99. The number of benzene rings is 3. The molecule has 0 unspecified atom stereocenters. The van der Waals surface area contributed by atoms with Gasteiger partial charge >= 0.3 is 5.97 Å². The van der Waals surface area contributed by atoms with Crippen molar-refractivity contribution < 1.29 is 23.9 Å². The van der Waals surface area contributed by atoms with Crippen LogP contribution < -0.4 is 4.90 Å². The molecular weight excluding hydrogens is 466 g/mol. The zero-order valence-corrected chi connectivity index (χ0v) is 20.1. The molecule has 0 spiro atoms. The smallest absolute Gasteiger partial charge is 0.312 e. The summed E-state index contributed by atoms with van der Waals surface area (Å²) in [5, 5.41) is 0.360. The molecule has 1 heterocycles. The number of Topliss-reactive ketones (excluding diaryl/α,β-unsaturated/α-hetero) is 1. The summed E-state index contributed by atoms with van der Waals surface area (Å²) in [4.78, 5) is 52.9. The van der Waals surface area contributed by atoms with Gasteiger partial charge < -0.3 is 9.64 Å². The van der Waals surface area contributed by atoms with Gasteiger partial charge in [-0.2, -0.15) is 0 Å². The summed E-state index contributed by atoms with van der Waals surface area (Å²) in [5.74, 6) is -2.29. The number of anilines is 1.